The first-order chi connectivity index (χ1) is 17.4. The number of rotatable bonds is 7. The highest BCUT2D eigenvalue weighted by atomic mass is 35.5. The van der Waals surface area contributed by atoms with Crippen molar-refractivity contribution < 1.29 is 14.0 Å². The van der Waals surface area contributed by atoms with Crippen molar-refractivity contribution >= 4 is 52.5 Å². The molecule has 188 valence electrons. The Morgan fingerprint density at radius 3 is 2.67 bits per heavy atom. The molecule has 1 aliphatic heterocycles. The average molecular weight is 545 g/mol. The van der Waals surface area contributed by atoms with Crippen LogP contribution >= 0.6 is 35.0 Å². The third-order valence-corrected chi connectivity index (χ3v) is 7.78. The molecule has 1 aromatic heterocycles. The predicted octanol–water partition coefficient (Wildman–Crippen LogP) is 6.10. The summed E-state index contributed by atoms with van der Waals surface area (Å²) in [5.41, 5.74) is 1.57. The van der Waals surface area contributed by atoms with Crippen LogP contribution in [0.15, 0.2) is 62.9 Å². The summed E-state index contributed by atoms with van der Waals surface area (Å²) in [7, 11) is 0. The molecule has 0 bridgehead atoms. The SMILES string of the molecule is CC1=C(C(=O)Nc2ccc(Cl)cc2Cl)C(c2ccco2)C(C#N)=C(SCC(=O)NC2CCCCC2)N1. The summed E-state index contributed by atoms with van der Waals surface area (Å²) in [4.78, 5) is 26.0. The summed E-state index contributed by atoms with van der Waals surface area (Å²) in [6, 6.07) is 10.7. The first kappa shape index (κ1) is 26.2. The molecule has 1 fully saturated rings. The lowest BCUT2D eigenvalue weighted by atomic mass is 9.85. The second-order valence-corrected chi connectivity index (χ2v) is 10.6. The number of dihydropyridines is 1. The first-order valence-corrected chi connectivity index (χ1v) is 13.5. The van der Waals surface area contributed by atoms with Gasteiger partial charge < -0.3 is 20.4 Å². The molecule has 1 unspecified atom stereocenters. The summed E-state index contributed by atoms with van der Waals surface area (Å²) in [5, 5.41) is 20.5. The lowest BCUT2D eigenvalue weighted by molar-refractivity contribution is -0.119. The number of nitrogens with one attached hydrogen (secondary N) is 3. The van der Waals surface area contributed by atoms with Crippen molar-refractivity contribution in [2.45, 2.75) is 51.0 Å². The summed E-state index contributed by atoms with van der Waals surface area (Å²) in [6.45, 7) is 1.76. The quantitative estimate of drug-likeness (QED) is 0.388. The van der Waals surface area contributed by atoms with Gasteiger partial charge in [-0.3, -0.25) is 9.59 Å². The molecule has 1 aliphatic carbocycles. The minimum Gasteiger partial charge on any atom is -0.468 e. The van der Waals surface area contributed by atoms with Gasteiger partial charge in [-0.25, -0.2) is 0 Å². The minimum absolute atomic E-state index is 0.0735. The van der Waals surface area contributed by atoms with Crippen LogP contribution in [0, 0.1) is 11.3 Å². The second kappa shape index (κ2) is 11.9. The highest BCUT2D eigenvalue weighted by Gasteiger charge is 2.36. The number of allylic oxidation sites excluding steroid dienone is 2. The number of furan rings is 1. The van der Waals surface area contributed by atoms with Crippen molar-refractivity contribution in [2.75, 3.05) is 11.1 Å². The van der Waals surface area contributed by atoms with Gasteiger partial charge in [0, 0.05) is 16.8 Å². The largest absolute Gasteiger partial charge is 0.468 e. The highest BCUT2D eigenvalue weighted by Crippen LogP contribution is 2.41. The Labute approximate surface area is 224 Å². The van der Waals surface area contributed by atoms with Gasteiger partial charge in [-0.05, 0) is 50.1 Å². The normalized spacial score (nSPS) is 18.4. The highest BCUT2D eigenvalue weighted by molar-refractivity contribution is 8.03. The van der Waals surface area contributed by atoms with Crippen LogP contribution in [0.25, 0.3) is 0 Å². The number of nitrogens with zero attached hydrogens (tertiary/aromatic N) is 1. The van der Waals surface area contributed by atoms with Gasteiger partial charge in [-0.2, -0.15) is 5.26 Å². The molecule has 2 amide bonds. The molecule has 1 saturated carbocycles. The molecular weight excluding hydrogens is 519 g/mol. The summed E-state index contributed by atoms with van der Waals surface area (Å²) in [6.07, 6.45) is 6.97. The van der Waals surface area contributed by atoms with E-state index in [0.29, 0.717) is 43.4 Å². The third-order valence-electron chi connectivity index (χ3n) is 6.22. The molecule has 0 saturated heterocycles. The maximum absolute atomic E-state index is 13.4. The van der Waals surface area contributed by atoms with Crippen LogP contribution in [0.5, 0.6) is 0 Å². The van der Waals surface area contributed by atoms with Crippen molar-refractivity contribution in [3.63, 3.8) is 0 Å². The van der Waals surface area contributed by atoms with Crippen molar-refractivity contribution in [2.24, 2.45) is 0 Å². The molecular formula is C26H26Cl2N4O3S. The van der Waals surface area contributed by atoms with Gasteiger partial charge in [-0.1, -0.05) is 54.2 Å². The Morgan fingerprint density at radius 2 is 2.00 bits per heavy atom. The standard InChI is InChI=1S/C26H26Cl2N4O3S/c1-15-23(25(34)32-20-10-9-16(27)12-19(20)28)24(21-8-5-11-35-21)18(13-29)26(30-15)36-14-22(33)31-17-6-3-2-4-7-17/h5,8-12,17,24,30H,2-4,6-7,14H2,1H3,(H,31,33)(H,32,34). The van der Waals surface area contributed by atoms with Crippen molar-refractivity contribution in [1.82, 2.24) is 10.6 Å². The van der Waals surface area contributed by atoms with Crippen LogP contribution in [0.2, 0.25) is 10.0 Å². The Balaban J connectivity index is 1.57. The fraction of sp³-hybridized carbons (Fsp3) is 0.346. The zero-order valence-electron chi connectivity index (χ0n) is 19.7. The molecule has 2 heterocycles. The monoisotopic (exact) mass is 544 g/mol. The minimum atomic E-state index is -0.749. The Bertz CT molecular complexity index is 1240. The number of thioether (sulfide) groups is 1. The number of hydrogen-bond acceptors (Lipinski definition) is 6. The Hall–Kier alpha value is -2.86. The van der Waals surface area contributed by atoms with E-state index in [0.717, 1.165) is 25.7 Å². The van der Waals surface area contributed by atoms with E-state index >= 15 is 0 Å². The molecule has 7 nitrogen and oxygen atoms in total. The van der Waals surface area contributed by atoms with E-state index in [4.69, 9.17) is 27.6 Å². The third kappa shape index (κ3) is 6.09. The number of anilines is 1. The number of benzene rings is 1. The molecule has 2 aliphatic rings. The van der Waals surface area contributed by atoms with Gasteiger partial charge in [0.05, 0.1) is 50.9 Å². The van der Waals surface area contributed by atoms with Crippen molar-refractivity contribution in [3.05, 3.63) is 74.3 Å². The average Bonchev–Trinajstić information content (AvgIpc) is 3.39. The molecule has 4 rings (SSSR count). The van der Waals surface area contributed by atoms with Crippen LogP contribution in [-0.2, 0) is 9.59 Å². The maximum Gasteiger partial charge on any atom is 0.254 e. The van der Waals surface area contributed by atoms with E-state index in [-0.39, 0.29) is 17.7 Å². The number of halogens is 2. The zero-order chi connectivity index (χ0) is 25.7. The smallest absolute Gasteiger partial charge is 0.254 e. The van der Waals surface area contributed by atoms with E-state index < -0.39 is 11.8 Å². The number of nitriles is 1. The lowest BCUT2D eigenvalue weighted by Crippen LogP contribution is -2.37. The van der Waals surface area contributed by atoms with E-state index in [1.54, 1.807) is 31.2 Å². The van der Waals surface area contributed by atoms with E-state index in [9.17, 15) is 14.9 Å². The number of hydrogen-bond donors (Lipinski definition) is 3. The van der Waals surface area contributed by atoms with Crippen LogP contribution < -0.4 is 16.0 Å². The van der Waals surface area contributed by atoms with Gasteiger partial charge in [-0.15, -0.1) is 0 Å². The number of amides is 2. The molecule has 2 aromatic rings. The molecule has 3 N–H and O–H groups in total. The lowest BCUT2D eigenvalue weighted by Gasteiger charge is -2.28. The molecule has 36 heavy (non-hydrogen) atoms. The number of carbonyl (C=O) groups is 2. The van der Waals surface area contributed by atoms with E-state index in [2.05, 4.69) is 22.0 Å². The van der Waals surface area contributed by atoms with Crippen LogP contribution in [-0.4, -0.2) is 23.6 Å². The van der Waals surface area contributed by atoms with Gasteiger partial charge in [0.25, 0.3) is 5.91 Å². The van der Waals surface area contributed by atoms with Crippen LogP contribution in [0.4, 0.5) is 5.69 Å². The van der Waals surface area contributed by atoms with Gasteiger partial charge in [0.1, 0.15) is 5.76 Å². The fourth-order valence-electron chi connectivity index (χ4n) is 4.50. The summed E-state index contributed by atoms with van der Waals surface area (Å²) < 4.78 is 5.64. The fourth-order valence-corrected chi connectivity index (χ4v) is 5.86. The summed E-state index contributed by atoms with van der Waals surface area (Å²) >= 11 is 13.5. The van der Waals surface area contributed by atoms with Crippen molar-refractivity contribution in [1.29, 1.82) is 5.26 Å². The summed E-state index contributed by atoms with van der Waals surface area (Å²) in [5.74, 6) is -0.650. The topological polar surface area (TPSA) is 107 Å². The van der Waals surface area contributed by atoms with Crippen LogP contribution in [0.1, 0.15) is 50.7 Å². The Morgan fingerprint density at radius 1 is 1.22 bits per heavy atom. The molecule has 1 atom stereocenters. The van der Waals surface area contributed by atoms with Gasteiger partial charge in [0.15, 0.2) is 0 Å². The maximum atomic E-state index is 13.4. The predicted molar refractivity (Wildman–Crippen MR) is 142 cm³/mol. The van der Waals surface area contributed by atoms with Crippen molar-refractivity contribution in [3.8, 4) is 6.07 Å². The van der Waals surface area contributed by atoms with Crippen LogP contribution in [0.3, 0.4) is 0 Å². The molecule has 0 spiro atoms. The van der Waals surface area contributed by atoms with E-state index in [1.807, 2.05) is 0 Å². The molecule has 10 heteroatoms. The van der Waals surface area contributed by atoms with Gasteiger partial charge in [0.2, 0.25) is 5.91 Å². The second-order valence-electron chi connectivity index (χ2n) is 8.74. The van der Waals surface area contributed by atoms with E-state index in [1.165, 1.54) is 30.5 Å². The van der Waals surface area contributed by atoms with Gasteiger partial charge >= 0.3 is 0 Å². The first-order valence-electron chi connectivity index (χ1n) is 11.7. The Kier molecular flexibility index (Phi) is 8.68. The molecule has 1 aromatic carbocycles. The zero-order valence-corrected chi connectivity index (χ0v) is 22.0. The number of carbonyl (C=O) groups excluding carboxylic acids is 2. The molecule has 0 radical (unpaired) electrons.